The molecule has 0 saturated heterocycles. The van der Waals surface area contributed by atoms with Gasteiger partial charge in [-0.15, -0.1) is 0 Å². The summed E-state index contributed by atoms with van der Waals surface area (Å²) in [5.74, 6) is 0.316. The monoisotopic (exact) mass is 406 g/mol. The van der Waals surface area contributed by atoms with Crippen LogP contribution in [0.1, 0.15) is 44.2 Å². The Kier molecular flexibility index (Phi) is 7.28. The van der Waals surface area contributed by atoms with Crippen molar-refractivity contribution in [2.24, 2.45) is 0 Å². The molecule has 0 atom stereocenters. The summed E-state index contributed by atoms with van der Waals surface area (Å²) in [6.07, 6.45) is 2.85. The topological polar surface area (TPSA) is 49.9 Å². The molecule has 2 aromatic rings. The Bertz CT molecular complexity index is 904. The molecule has 0 aromatic heterocycles. The zero-order valence-corrected chi connectivity index (χ0v) is 18.1. The third-order valence-corrected chi connectivity index (χ3v) is 5.42. The number of rotatable bonds is 10. The minimum absolute atomic E-state index is 0.195. The van der Waals surface area contributed by atoms with Gasteiger partial charge in [-0.1, -0.05) is 62.2 Å². The van der Waals surface area contributed by atoms with Gasteiger partial charge in [-0.2, -0.15) is 0 Å². The third kappa shape index (κ3) is 4.56. The lowest BCUT2D eigenvalue weighted by atomic mass is 10.0. The van der Waals surface area contributed by atoms with Crippen molar-refractivity contribution < 1.29 is 14.3 Å². The van der Waals surface area contributed by atoms with E-state index in [1.165, 1.54) is 4.90 Å². The molecule has 1 heterocycles. The smallest absolute Gasteiger partial charge is 0.277 e. The normalized spacial score (nSPS) is 13.9. The third-order valence-electron chi connectivity index (χ3n) is 5.42. The maximum atomic E-state index is 13.4. The lowest BCUT2D eigenvalue weighted by Gasteiger charge is -2.25. The second-order valence-corrected chi connectivity index (χ2v) is 7.42. The van der Waals surface area contributed by atoms with E-state index in [-0.39, 0.29) is 11.8 Å². The maximum absolute atomic E-state index is 13.4. The van der Waals surface area contributed by atoms with Crippen LogP contribution in [-0.2, 0) is 16.1 Å². The van der Waals surface area contributed by atoms with E-state index >= 15 is 0 Å². The molecule has 0 unspecified atom stereocenters. The molecular weight excluding hydrogens is 376 g/mol. The van der Waals surface area contributed by atoms with E-state index in [1.807, 2.05) is 66.4 Å². The fraction of sp³-hybridized carbons (Fsp3) is 0.360. The number of hydrogen-bond acceptors (Lipinski definition) is 4. The molecule has 0 saturated carbocycles. The first kappa shape index (κ1) is 21.6. The Hall–Kier alpha value is -3.08. The summed E-state index contributed by atoms with van der Waals surface area (Å²) in [5, 5.41) is 0. The largest absolute Gasteiger partial charge is 0.497 e. The molecule has 5 heteroatoms. The van der Waals surface area contributed by atoms with E-state index in [1.54, 1.807) is 7.11 Å². The summed E-state index contributed by atoms with van der Waals surface area (Å²) < 4.78 is 5.25. The second-order valence-electron chi connectivity index (χ2n) is 7.42. The van der Waals surface area contributed by atoms with Crippen molar-refractivity contribution in [3.63, 3.8) is 0 Å². The van der Waals surface area contributed by atoms with Crippen LogP contribution in [0, 0.1) is 0 Å². The van der Waals surface area contributed by atoms with Gasteiger partial charge < -0.3 is 9.64 Å². The standard InChI is InChI=1S/C25H30N2O3/c1-4-6-10-17-27-24(28)22(20-13-15-21(30-3)16-14-20)23(25(27)29)26(5-2)18-19-11-8-7-9-12-19/h7-9,11-16H,4-6,10,17-18H2,1-3H3. The Labute approximate surface area is 178 Å². The van der Waals surface area contributed by atoms with E-state index in [9.17, 15) is 9.59 Å². The Morgan fingerprint density at radius 3 is 2.20 bits per heavy atom. The summed E-state index contributed by atoms with van der Waals surface area (Å²) in [5.41, 5.74) is 2.82. The molecule has 158 valence electrons. The number of unbranched alkanes of at least 4 members (excludes halogenated alkanes) is 2. The number of nitrogens with zero attached hydrogens (tertiary/aromatic N) is 2. The van der Waals surface area contributed by atoms with Gasteiger partial charge >= 0.3 is 0 Å². The zero-order chi connectivity index (χ0) is 21.5. The minimum Gasteiger partial charge on any atom is -0.497 e. The van der Waals surface area contributed by atoms with Gasteiger partial charge in [0.2, 0.25) is 0 Å². The van der Waals surface area contributed by atoms with Crippen LogP contribution >= 0.6 is 0 Å². The summed E-state index contributed by atoms with van der Waals surface area (Å²) in [6, 6.07) is 17.4. The summed E-state index contributed by atoms with van der Waals surface area (Å²) in [7, 11) is 1.61. The lowest BCUT2D eigenvalue weighted by Crippen LogP contribution is -2.35. The van der Waals surface area contributed by atoms with Gasteiger partial charge in [-0.25, -0.2) is 0 Å². The molecular formula is C25H30N2O3. The second kappa shape index (κ2) is 10.1. The quantitative estimate of drug-likeness (QED) is 0.431. The van der Waals surface area contributed by atoms with Crippen LogP contribution in [0.4, 0.5) is 0 Å². The molecule has 3 rings (SSSR count). The fourth-order valence-corrected chi connectivity index (χ4v) is 3.75. The number of hydrogen-bond donors (Lipinski definition) is 0. The number of carbonyl (C=O) groups excluding carboxylic acids is 2. The highest BCUT2D eigenvalue weighted by Crippen LogP contribution is 2.33. The molecule has 0 spiro atoms. The van der Waals surface area contributed by atoms with E-state index in [2.05, 4.69) is 6.92 Å². The van der Waals surface area contributed by atoms with Gasteiger partial charge in [-0.05, 0) is 36.6 Å². The summed E-state index contributed by atoms with van der Waals surface area (Å²) >= 11 is 0. The summed E-state index contributed by atoms with van der Waals surface area (Å²) in [6.45, 7) is 5.79. The summed E-state index contributed by atoms with van der Waals surface area (Å²) in [4.78, 5) is 30.1. The number of ether oxygens (including phenoxy) is 1. The van der Waals surface area contributed by atoms with E-state index in [0.717, 1.165) is 30.4 Å². The molecule has 5 nitrogen and oxygen atoms in total. The van der Waals surface area contributed by atoms with Crippen LogP contribution in [0.5, 0.6) is 5.75 Å². The first-order valence-corrected chi connectivity index (χ1v) is 10.6. The molecule has 0 N–H and O–H groups in total. The minimum atomic E-state index is -0.206. The van der Waals surface area contributed by atoms with Crippen molar-refractivity contribution in [2.45, 2.75) is 39.7 Å². The van der Waals surface area contributed by atoms with E-state index < -0.39 is 0 Å². The fourth-order valence-electron chi connectivity index (χ4n) is 3.75. The van der Waals surface area contributed by atoms with Gasteiger partial charge in [-0.3, -0.25) is 14.5 Å². The van der Waals surface area contributed by atoms with Crippen molar-refractivity contribution in [3.8, 4) is 5.75 Å². The van der Waals surface area contributed by atoms with Crippen LogP contribution in [0.15, 0.2) is 60.3 Å². The maximum Gasteiger partial charge on any atom is 0.277 e. The molecule has 1 aliphatic heterocycles. The Morgan fingerprint density at radius 1 is 0.900 bits per heavy atom. The number of benzene rings is 2. The predicted molar refractivity (Wildman–Crippen MR) is 119 cm³/mol. The number of imide groups is 1. The van der Waals surface area contributed by atoms with Gasteiger partial charge in [0.15, 0.2) is 0 Å². The molecule has 1 aliphatic rings. The molecule has 0 radical (unpaired) electrons. The van der Waals surface area contributed by atoms with Crippen LogP contribution in [0.3, 0.4) is 0 Å². The van der Waals surface area contributed by atoms with Gasteiger partial charge in [0.1, 0.15) is 11.4 Å². The zero-order valence-electron chi connectivity index (χ0n) is 18.1. The number of amides is 2. The van der Waals surface area contributed by atoms with Crippen molar-refractivity contribution in [1.29, 1.82) is 0 Å². The lowest BCUT2D eigenvalue weighted by molar-refractivity contribution is -0.137. The van der Waals surface area contributed by atoms with Gasteiger partial charge in [0.05, 0.1) is 12.7 Å². The SMILES string of the molecule is CCCCCN1C(=O)C(c2ccc(OC)cc2)=C(N(CC)Cc2ccccc2)C1=O. The molecule has 0 aliphatic carbocycles. The Morgan fingerprint density at radius 2 is 1.60 bits per heavy atom. The first-order chi connectivity index (χ1) is 14.6. The molecule has 2 aromatic carbocycles. The van der Waals surface area contributed by atoms with Crippen molar-refractivity contribution in [2.75, 3.05) is 20.2 Å². The molecule has 0 fully saturated rings. The highest BCUT2D eigenvalue weighted by molar-refractivity contribution is 6.35. The highest BCUT2D eigenvalue weighted by atomic mass is 16.5. The average molecular weight is 407 g/mol. The average Bonchev–Trinajstić information content (AvgIpc) is 3.03. The Balaban J connectivity index is 2.01. The van der Waals surface area contributed by atoms with Crippen LogP contribution < -0.4 is 4.74 Å². The van der Waals surface area contributed by atoms with Gasteiger partial charge in [0, 0.05) is 19.6 Å². The molecule has 2 amide bonds. The van der Waals surface area contributed by atoms with Crippen LogP contribution in [-0.4, -0.2) is 41.8 Å². The van der Waals surface area contributed by atoms with Crippen LogP contribution in [0.25, 0.3) is 5.57 Å². The first-order valence-electron chi connectivity index (χ1n) is 10.6. The number of carbonyl (C=O) groups is 2. The predicted octanol–water partition coefficient (Wildman–Crippen LogP) is 4.49. The van der Waals surface area contributed by atoms with Gasteiger partial charge in [0.25, 0.3) is 11.8 Å². The molecule has 30 heavy (non-hydrogen) atoms. The van der Waals surface area contributed by atoms with E-state index in [4.69, 9.17) is 4.74 Å². The number of likely N-dealkylation sites (N-methyl/N-ethyl adjacent to an activating group) is 1. The van der Waals surface area contributed by atoms with Crippen molar-refractivity contribution >= 4 is 17.4 Å². The van der Waals surface area contributed by atoms with Crippen LogP contribution in [0.2, 0.25) is 0 Å². The number of methoxy groups -OCH3 is 1. The molecule has 0 bridgehead atoms. The highest BCUT2D eigenvalue weighted by Gasteiger charge is 2.40. The van der Waals surface area contributed by atoms with Crippen molar-refractivity contribution in [1.82, 2.24) is 9.80 Å². The van der Waals surface area contributed by atoms with Crippen molar-refractivity contribution in [3.05, 3.63) is 71.4 Å². The van der Waals surface area contributed by atoms with E-state index in [0.29, 0.717) is 36.7 Å².